The lowest BCUT2D eigenvalue weighted by molar-refractivity contribution is 0.900. The molecule has 3 rings (SSSR count). The van der Waals surface area contributed by atoms with Gasteiger partial charge in [-0.15, -0.1) is 11.3 Å². The van der Waals surface area contributed by atoms with E-state index in [-0.39, 0.29) is 0 Å². The van der Waals surface area contributed by atoms with Crippen molar-refractivity contribution in [1.29, 1.82) is 0 Å². The van der Waals surface area contributed by atoms with Gasteiger partial charge < -0.3 is 11.1 Å². The van der Waals surface area contributed by atoms with Crippen LogP contribution in [0.15, 0.2) is 18.3 Å². The van der Waals surface area contributed by atoms with Gasteiger partial charge in [0, 0.05) is 4.88 Å². The maximum Gasteiger partial charge on any atom is 0.187 e. The Balaban J connectivity index is 1.77. The van der Waals surface area contributed by atoms with Crippen molar-refractivity contribution < 1.29 is 0 Å². The van der Waals surface area contributed by atoms with Crippen LogP contribution in [0.3, 0.4) is 0 Å². The van der Waals surface area contributed by atoms with Crippen LogP contribution in [0.1, 0.15) is 22.7 Å². The molecule has 0 amide bonds. The number of thiazole rings is 1. The molecule has 6 heteroatoms. The zero-order valence-electron chi connectivity index (χ0n) is 9.64. The summed E-state index contributed by atoms with van der Waals surface area (Å²) in [5, 5.41) is 4.20. The van der Waals surface area contributed by atoms with Gasteiger partial charge in [-0.3, -0.25) is 4.98 Å². The fraction of sp³-hybridized carbons (Fsp3) is 0.250. The van der Waals surface area contributed by atoms with Gasteiger partial charge in [-0.25, -0.2) is 4.98 Å². The van der Waals surface area contributed by atoms with Crippen LogP contribution in [0.4, 0.5) is 10.8 Å². The summed E-state index contributed by atoms with van der Waals surface area (Å²) in [5.41, 5.74) is 8.29. The molecule has 0 aromatic carbocycles. The Morgan fingerprint density at radius 3 is 2.94 bits per heavy atom. The third-order valence-corrected chi connectivity index (χ3v) is 4.14. The highest BCUT2D eigenvalue weighted by molar-refractivity contribution is 7.80. The number of pyridine rings is 1. The molecule has 2 aromatic rings. The van der Waals surface area contributed by atoms with Crippen LogP contribution in [0.2, 0.25) is 0 Å². The van der Waals surface area contributed by atoms with Gasteiger partial charge in [-0.05, 0) is 31.4 Å². The lowest BCUT2D eigenvalue weighted by atomic mass is 10.3. The van der Waals surface area contributed by atoms with E-state index in [2.05, 4.69) is 15.3 Å². The number of anilines is 2. The topological polar surface area (TPSA) is 63.8 Å². The number of nitrogens with two attached hydrogens (primary N) is 1. The molecule has 0 aliphatic heterocycles. The first kappa shape index (κ1) is 11.6. The van der Waals surface area contributed by atoms with E-state index in [1.807, 2.05) is 12.1 Å². The SMILES string of the molecule is NC(=S)c1ccc(Nc2nc3c(s2)CCC3)cn1. The third-order valence-electron chi connectivity index (χ3n) is 2.86. The molecule has 2 aromatic heterocycles. The van der Waals surface area contributed by atoms with E-state index >= 15 is 0 Å². The molecular weight excluding hydrogens is 264 g/mol. The smallest absolute Gasteiger partial charge is 0.187 e. The van der Waals surface area contributed by atoms with E-state index in [0.29, 0.717) is 10.7 Å². The maximum absolute atomic E-state index is 5.50. The molecule has 0 unspecified atom stereocenters. The first-order valence-electron chi connectivity index (χ1n) is 5.74. The number of hydrogen-bond acceptors (Lipinski definition) is 5. The first-order chi connectivity index (χ1) is 8.72. The Morgan fingerprint density at radius 2 is 2.28 bits per heavy atom. The summed E-state index contributed by atoms with van der Waals surface area (Å²) in [5.74, 6) is 0. The van der Waals surface area contributed by atoms with Gasteiger partial charge >= 0.3 is 0 Å². The summed E-state index contributed by atoms with van der Waals surface area (Å²) in [7, 11) is 0. The van der Waals surface area contributed by atoms with E-state index in [0.717, 1.165) is 23.7 Å². The highest BCUT2D eigenvalue weighted by Crippen LogP contribution is 2.31. The lowest BCUT2D eigenvalue weighted by Crippen LogP contribution is -2.11. The fourth-order valence-electron chi connectivity index (χ4n) is 1.98. The number of rotatable bonds is 3. The number of nitrogens with zero attached hydrogens (tertiary/aromatic N) is 2. The van der Waals surface area contributed by atoms with Crippen LogP contribution in [0, 0.1) is 0 Å². The summed E-state index contributed by atoms with van der Waals surface area (Å²) < 4.78 is 0. The zero-order chi connectivity index (χ0) is 12.5. The zero-order valence-corrected chi connectivity index (χ0v) is 11.3. The minimum Gasteiger partial charge on any atom is -0.388 e. The normalized spacial score (nSPS) is 13.3. The fourth-order valence-corrected chi connectivity index (χ4v) is 3.17. The molecule has 2 heterocycles. The molecule has 3 N–H and O–H groups in total. The summed E-state index contributed by atoms with van der Waals surface area (Å²) in [6, 6.07) is 3.72. The summed E-state index contributed by atoms with van der Waals surface area (Å²) in [4.78, 5) is 10.5. The second-order valence-corrected chi connectivity index (χ2v) is 5.69. The highest BCUT2D eigenvalue weighted by Gasteiger charge is 2.16. The van der Waals surface area contributed by atoms with Crippen LogP contribution >= 0.6 is 23.6 Å². The molecule has 0 bridgehead atoms. The number of aryl methyl sites for hydroxylation is 2. The summed E-state index contributed by atoms with van der Waals surface area (Å²) >= 11 is 6.59. The Kier molecular flexibility index (Phi) is 2.97. The average Bonchev–Trinajstić information content (AvgIpc) is 2.90. The molecule has 4 nitrogen and oxygen atoms in total. The Bertz CT molecular complexity index is 567. The summed E-state index contributed by atoms with van der Waals surface area (Å²) in [6.45, 7) is 0. The molecule has 0 radical (unpaired) electrons. The predicted octanol–water partition coefficient (Wildman–Crippen LogP) is 2.40. The van der Waals surface area contributed by atoms with Crippen LogP contribution in [-0.4, -0.2) is 15.0 Å². The molecular formula is C12H12N4S2. The maximum atomic E-state index is 5.50. The minimum absolute atomic E-state index is 0.315. The van der Waals surface area contributed by atoms with Crippen molar-refractivity contribution in [2.75, 3.05) is 5.32 Å². The van der Waals surface area contributed by atoms with Crippen LogP contribution < -0.4 is 11.1 Å². The molecule has 1 aliphatic rings. The average molecular weight is 276 g/mol. The quantitative estimate of drug-likeness (QED) is 0.843. The van der Waals surface area contributed by atoms with Crippen molar-refractivity contribution in [2.45, 2.75) is 19.3 Å². The van der Waals surface area contributed by atoms with E-state index in [9.17, 15) is 0 Å². The molecule has 0 saturated carbocycles. The monoisotopic (exact) mass is 276 g/mol. The summed E-state index contributed by atoms with van der Waals surface area (Å²) in [6.07, 6.45) is 5.22. The van der Waals surface area contributed by atoms with Crippen molar-refractivity contribution in [3.05, 3.63) is 34.6 Å². The number of aromatic nitrogens is 2. The van der Waals surface area contributed by atoms with Crippen molar-refractivity contribution in [2.24, 2.45) is 5.73 Å². The van der Waals surface area contributed by atoms with Gasteiger partial charge in [-0.2, -0.15) is 0 Å². The van der Waals surface area contributed by atoms with E-state index in [1.165, 1.54) is 17.0 Å². The van der Waals surface area contributed by atoms with Crippen LogP contribution in [0.5, 0.6) is 0 Å². The molecule has 0 spiro atoms. The minimum atomic E-state index is 0.315. The Labute approximate surface area is 114 Å². The van der Waals surface area contributed by atoms with Crippen molar-refractivity contribution in [3.63, 3.8) is 0 Å². The van der Waals surface area contributed by atoms with Crippen molar-refractivity contribution in [3.8, 4) is 0 Å². The van der Waals surface area contributed by atoms with Gasteiger partial charge in [0.2, 0.25) is 0 Å². The number of thiocarbonyl (C=S) groups is 1. The second kappa shape index (κ2) is 4.62. The molecule has 0 saturated heterocycles. The first-order valence-corrected chi connectivity index (χ1v) is 6.96. The lowest BCUT2D eigenvalue weighted by Gasteiger charge is -2.03. The van der Waals surface area contributed by atoms with Gasteiger partial charge in [-0.1, -0.05) is 12.2 Å². The number of nitrogens with one attached hydrogen (secondary N) is 1. The Morgan fingerprint density at radius 1 is 1.39 bits per heavy atom. The number of fused-ring (bicyclic) bond motifs is 1. The molecule has 0 fully saturated rings. The predicted molar refractivity (Wildman–Crippen MR) is 77.5 cm³/mol. The largest absolute Gasteiger partial charge is 0.388 e. The molecule has 92 valence electrons. The van der Waals surface area contributed by atoms with Gasteiger partial charge in [0.1, 0.15) is 4.99 Å². The van der Waals surface area contributed by atoms with E-state index < -0.39 is 0 Å². The number of hydrogen-bond donors (Lipinski definition) is 2. The van der Waals surface area contributed by atoms with E-state index in [1.54, 1.807) is 17.5 Å². The standard InChI is InChI=1S/C12H12N4S2/c13-11(17)9-5-4-7(6-14-9)15-12-16-8-2-1-3-10(8)18-12/h4-6H,1-3H2,(H2,13,17)(H,15,16). The van der Waals surface area contributed by atoms with Gasteiger partial charge in [0.15, 0.2) is 5.13 Å². The molecule has 0 atom stereocenters. The van der Waals surface area contributed by atoms with E-state index in [4.69, 9.17) is 18.0 Å². The Hall–Kier alpha value is -1.53. The second-order valence-electron chi connectivity index (χ2n) is 4.16. The van der Waals surface area contributed by atoms with Gasteiger partial charge in [0.05, 0.1) is 23.3 Å². The third kappa shape index (κ3) is 2.21. The van der Waals surface area contributed by atoms with Crippen molar-refractivity contribution in [1.82, 2.24) is 9.97 Å². The molecule has 18 heavy (non-hydrogen) atoms. The van der Waals surface area contributed by atoms with Crippen molar-refractivity contribution >= 4 is 39.4 Å². The van der Waals surface area contributed by atoms with Crippen LogP contribution in [-0.2, 0) is 12.8 Å². The highest BCUT2D eigenvalue weighted by atomic mass is 32.1. The van der Waals surface area contributed by atoms with Crippen LogP contribution in [0.25, 0.3) is 0 Å². The molecule has 1 aliphatic carbocycles. The van der Waals surface area contributed by atoms with Gasteiger partial charge in [0.25, 0.3) is 0 Å².